The van der Waals surface area contributed by atoms with Gasteiger partial charge in [-0.2, -0.15) is 0 Å². The Hall–Kier alpha value is -0.340. The Kier molecular flexibility index (Phi) is 7.11. The molecule has 0 aliphatic carbocycles. The van der Waals surface area contributed by atoms with E-state index in [1.54, 1.807) is 7.11 Å². The summed E-state index contributed by atoms with van der Waals surface area (Å²) in [7, 11) is 1.74. The average molecular weight is 172 g/mol. The van der Waals surface area contributed by atoms with Crippen molar-refractivity contribution in [1.82, 2.24) is 0 Å². The molecule has 0 saturated carbocycles. The lowest BCUT2D eigenvalue weighted by molar-refractivity contribution is 0.109. The summed E-state index contributed by atoms with van der Waals surface area (Å²) in [5, 5.41) is 8.59. The zero-order chi connectivity index (χ0) is 9.40. The number of ether oxygens (including phenoxy) is 1. The summed E-state index contributed by atoms with van der Waals surface area (Å²) in [6, 6.07) is 0. The second kappa shape index (κ2) is 7.32. The normalized spacial score (nSPS) is 14.8. The lowest BCUT2D eigenvalue weighted by Crippen LogP contribution is -2.03. The van der Waals surface area contributed by atoms with Gasteiger partial charge in [0.1, 0.15) is 0 Å². The Morgan fingerprint density at radius 2 is 2.25 bits per heavy atom. The molecule has 0 aliphatic heterocycles. The summed E-state index contributed by atoms with van der Waals surface area (Å²) < 4.78 is 5.12. The molecule has 1 N–H and O–H groups in total. The molecule has 1 atom stereocenters. The zero-order valence-electron chi connectivity index (χ0n) is 8.34. The molecule has 0 heterocycles. The maximum atomic E-state index is 8.59. The summed E-state index contributed by atoms with van der Waals surface area (Å²) in [5.74, 6) is 0. The lowest BCUT2D eigenvalue weighted by atomic mass is 10.1. The molecule has 0 spiro atoms. The van der Waals surface area contributed by atoms with Crippen LogP contribution in [0.4, 0.5) is 0 Å². The minimum absolute atomic E-state index is 0.158. The van der Waals surface area contributed by atoms with Crippen molar-refractivity contribution in [1.29, 1.82) is 0 Å². The van der Waals surface area contributed by atoms with Crippen LogP contribution in [-0.4, -0.2) is 24.9 Å². The zero-order valence-corrected chi connectivity index (χ0v) is 8.34. The van der Waals surface area contributed by atoms with Gasteiger partial charge in [-0.15, -0.1) is 0 Å². The van der Waals surface area contributed by atoms with Crippen molar-refractivity contribution < 1.29 is 9.84 Å². The lowest BCUT2D eigenvalue weighted by Gasteiger charge is -2.08. The highest BCUT2D eigenvalue weighted by Crippen LogP contribution is 2.09. The van der Waals surface area contributed by atoms with Gasteiger partial charge in [-0.25, -0.2) is 0 Å². The van der Waals surface area contributed by atoms with E-state index in [4.69, 9.17) is 9.84 Å². The van der Waals surface area contributed by atoms with E-state index in [-0.39, 0.29) is 6.61 Å². The van der Waals surface area contributed by atoms with E-state index in [2.05, 4.69) is 6.92 Å². The first-order valence-corrected chi connectivity index (χ1v) is 4.50. The molecule has 2 nitrogen and oxygen atoms in total. The molecule has 2 heteroatoms. The van der Waals surface area contributed by atoms with Gasteiger partial charge in [0.25, 0.3) is 0 Å². The summed E-state index contributed by atoms with van der Waals surface area (Å²) in [4.78, 5) is 0. The monoisotopic (exact) mass is 172 g/mol. The minimum Gasteiger partial charge on any atom is -0.392 e. The minimum atomic E-state index is 0.158. The van der Waals surface area contributed by atoms with Crippen LogP contribution in [0, 0.1) is 0 Å². The third-order valence-electron chi connectivity index (χ3n) is 2.02. The van der Waals surface area contributed by atoms with Crippen molar-refractivity contribution >= 4 is 0 Å². The fraction of sp³-hybridized carbons (Fsp3) is 0.800. The standard InChI is InChI=1S/C10H20O2/c1-9(7-8-11)5-4-6-10(2)12-3/h7,10-11H,4-6,8H2,1-3H3/b9-7+. The van der Waals surface area contributed by atoms with E-state index >= 15 is 0 Å². The Balaban J connectivity index is 3.36. The summed E-state index contributed by atoms with van der Waals surface area (Å²) >= 11 is 0. The highest BCUT2D eigenvalue weighted by atomic mass is 16.5. The van der Waals surface area contributed by atoms with Crippen LogP contribution in [0.5, 0.6) is 0 Å². The smallest absolute Gasteiger partial charge is 0.0614 e. The van der Waals surface area contributed by atoms with E-state index in [1.807, 2.05) is 13.0 Å². The highest BCUT2D eigenvalue weighted by molar-refractivity contribution is 4.97. The van der Waals surface area contributed by atoms with E-state index in [1.165, 1.54) is 5.57 Å². The fourth-order valence-electron chi connectivity index (χ4n) is 1.04. The summed E-state index contributed by atoms with van der Waals surface area (Å²) in [5.41, 5.74) is 1.26. The van der Waals surface area contributed by atoms with Crippen molar-refractivity contribution in [2.75, 3.05) is 13.7 Å². The largest absolute Gasteiger partial charge is 0.392 e. The van der Waals surface area contributed by atoms with Gasteiger partial charge in [0.2, 0.25) is 0 Å². The van der Waals surface area contributed by atoms with Crippen LogP contribution in [0.15, 0.2) is 11.6 Å². The van der Waals surface area contributed by atoms with Gasteiger partial charge in [0, 0.05) is 7.11 Å². The van der Waals surface area contributed by atoms with Crippen molar-refractivity contribution in [3.63, 3.8) is 0 Å². The molecule has 0 fully saturated rings. The van der Waals surface area contributed by atoms with Crippen molar-refractivity contribution in [2.45, 2.75) is 39.2 Å². The molecule has 12 heavy (non-hydrogen) atoms. The Labute approximate surface area is 75.2 Å². The molecule has 0 radical (unpaired) electrons. The highest BCUT2D eigenvalue weighted by Gasteiger charge is 1.98. The molecule has 0 aromatic heterocycles. The molecular weight excluding hydrogens is 152 g/mol. The van der Waals surface area contributed by atoms with Crippen LogP contribution in [0.2, 0.25) is 0 Å². The second-order valence-corrected chi connectivity index (χ2v) is 3.17. The molecule has 1 unspecified atom stereocenters. The predicted molar refractivity (Wildman–Crippen MR) is 51.2 cm³/mol. The SMILES string of the molecule is COC(C)CCC/C(C)=C/CO. The van der Waals surface area contributed by atoms with Gasteiger partial charge in [-0.3, -0.25) is 0 Å². The molecule has 0 aromatic carbocycles. The number of rotatable bonds is 6. The number of aliphatic hydroxyl groups is 1. The second-order valence-electron chi connectivity index (χ2n) is 3.17. The molecule has 0 aromatic rings. The molecule has 72 valence electrons. The third-order valence-corrected chi connectivity index (χ3v) is 2.02. The number of hydrogen-bond acceptors (Lipinski definition) is 2. The van der Waals surface area contributed by atoms with Crippen LogP contribution in [0.25, 0.3) is 0 Å². The van der Waals surface area contributed by atoms with Crippen molar-refractivity contribution in [2.24, 2.45) is 0 Å². The summed E-state index contributed by atoms with van der Waals surface area (Å²) in [6.07, 6.45) is 5.50. The number of methoxy groups -OCH3 is 1. The first kappa shape index (κ1) is 11.7. The number of allylic oxidation sites excluding steroid dienone is 1. The Morgan fingerprint density at radius 1 is 1.58 bits per heavy atom. The van der Waals surface area contributed by atoms with Crippen LogP contribution in [0.3, 0.4) is 0 Å². The van der Waals surface area contributed by atoms with Gasteiger partial charge >= 0.3 is 0 Å². The Bertz CT molecular complexity index is 130. The maximum absolute atomic E-state index is 8.59. The molecule has 0 amide bonds. The molecule has 0 aliphatic rings. The van der Waals surface area contributed by atoms with E-state index in [0.717, 1.165) is 19.3 Å². The quantitative estimate of drug-likeness (QED) is 0.622. The van der Waals surface area contributed by atoms with Gasteiger partial charge in [0.15, 0.2) is 0 Å². The molecule has 0 saturated heterocycles. The maximum Gasteiger partial charge on any atom is 0.0614 e. The summed E-state index contributed by atoms with van der Waals surface area (Å²) in [6.45, 7) is 4.28. The number of aliphatic hydroxyl groups excluding tert-OH is 1. The van der Waals surface area contributed by atoms with E-state index in [0.29, 0.717) is 6.10 Å². The first-order valence-electron chi connectivity index (χ1n) is 4.50. The molecular formula is C10H20O2. The van der Waals surface area contributed by atoms with Gasteiger partial charge in [-0.05, 0) is 33.1 Å². The molecule has 0 bridgehead atoms. The average Bonchev–Trinajstić information content (AvgIpc) is 2.04. The van der Waals surface area contributed by atoms with Gasteiger partial charge in [-0.1, -0.05) is 11.6 Å². The van der Waals surface area contributed by atoms with Crippen LogP contribution in [0.1, 0.15) is 33.1 Å². The number of hydrogen-bond donors (Lipinski definition) is 1. The fourth-order valence-corrected chi connectivity index (χ4v) is 1.04. The topological polar surface area (TPSA) is 29.5 Å². The first-order chi connectivity index (χ1) is 5.70. The van der Waals surface area contributed by atoms with Crippen LogP contribution in [-0.2, 0) is 4.74 Å². The Morgan fingerprint density at radius 3 is 2.75 bits per heavy atom. The van der Waals surface area contributed by atoms with Crippen LogP contribution >= 0.6 is 0 Å². The van der Waals surface area contributed by atoms with E-state index in [9.17, 15) is 0 Å². The molecule has 0 rings (SSSR count). The predicted octanol–water partition coefficient (Wildman–Crippen LogP) is 2.13. The van der Waals surface area contributed by atoms with Crippen LogP contribution < -0.4 is 0 Å². The van der Waals surface area contributed by atoms with Crippen molar-refractivity contribution in [3.8, 4) is 0 Å². The van der Waals surface area contributed by atoms with Gasteiger partial charge < -0.3 is 9.84 Å². The van der Waals surface area contributed by atoms with Crippen molar-refractivity contribution in [3.05, 3.63) is 11.6 Å². The van der Waals surface area contributed by atoms with E-state index < -0.39 is 0 Å². The third kappa shape index (κ3) is 6.38. The van der Waals surface area contributed by atoms with Gasteiger partial charge in [0.05, 0.1) is 12.7 Å².